The molecule has 0 aliphatic carbocycles. The highest BCUT2D eigenvalue weighted by atomic mass is 19.3. The number of alkyl halides is 2. The number of nitrogens with zero attached hydrogens (tertiary/aromatic N) is 4. The van der Waals surface area contributed by atoms with E-state index in [1.807, 2.05) is 13.8 Å². The third kappa shape index (κ3) is 9.28. The molecule has 0 spiro atoms. The van der Waals surface area contributed by atoms with E-state index in [1.54, 1.807) is 33.8 Å². The summed E-state index contributed by atoms with van der Waals surface area (Å²) in [5.41, 5.74) is -0.706. The third-order valence-corrected chi connectivity index (χ3v) is 8.79. The van der Waals surface area contributed by atoms with Crippen molar-refractivity contribution >= 4 is 18.0 Å². The van der Waals surface area contributed by atoms with E-state index in [0.717, 1.165) is 37.3 Å². The molecular formula is C33H48F3N5O5. The van der Waals surface area contributed by atoms with Crippen molar-refractivity contribution in [2.24, 2.45) is 11.8 Å². The first-order chi connectivity index (χ1) is 21.5. The summed E-state index contributed by atoms with van der Waals surface area (Å²) in [7, 11) is 0. The van der Waals surface area contributed by atoms with Gasteiger partial charge >= 0.3 is 12.1 Å². The van der Waals surface area contributed by atoms with E-state index in [9.17, 15) is 18.4 Å². The number of benzene rings is 1. The molecule has 13 heteroatoms. The summed E-state index contributed by atoms with van der Waals surface area (Å²) in [6, 6.07) is 3.64. The van der Waals surface area contributed by atoms with Crippen molar-refractivity contribution in [3.05, 3.63) is 35.4 Å². The topological polar surface area (TPSA) is 110 Å². The molecule has 256 valence electrons. The fourth-order valence-corrected chi connectivity index (χ4v) is 5.95. The molecule has 2 aromatic rings. The molecule has 4 rings (SSSR count). The molecule has 2 aliphatic rings. The monoisotopic (exact) mass is 651 g/mol. The Hall–Kier alpha value is -3.51. The number of carbonyl (C=O) groups excluding carboxylic acids is 2. The molecule has 1 aromatic carbocycles. The van der Waals surface area contributed by atoms with Gasteiger partial charge in [-0.25, -0.2) is 18.0 Å². The van der Waals surface area contributed by atoms with Gasteiger partial charge in [0.1, 0.15) is 23.2 Å². The van der Waals surface area contributed by atoms with Crippen molar-refractivity contribution in [3.8, 4) is 5.75 Å². The molecule has 3 heterocycles. The number of alkyl carbamates (subject to hydrolysis) is 1. The van der Waals surface area contributed by atoms with Crippen molar-refractivity contribution in [1.82, 2.24) is 20.4 Å². The number of hydrogen-bond donors (Lipinski definition) is 1. The van der Waals surface area contributed by atoms with Gasteiger partial charge in [-0.3, -0.25) is 4.79 Å². The van der Waals surface area contributed by atoms with Crippen LogP contribution in [0.3, 0.4) is 0 Å². The Morgan fingerprint density at radius 3 is 2.39 bits per heavy atom. The Morgan fingerprint density at radius 2 is 1.83 bits per heavy atom. The number of hydrogen-bond acceptors (Lipinski definition) is 8. The summed E-state index contributed by atoms with van der Waals surface area (Å²) < 4.78 is 59.9. The Bertz CT molecular complexity index is 1340. The molecule has 2 fully saturated rings. The van der Waals surface area contributed by atoms with Gasteiger partial charge in [0.25, 0.3) is 5.92 Å². The van der Waals surface area contributed by atoms with Crippen molar-refractivity contribution < 1.29 is 36.8 Å². The molecule has 2 aliphatic heterocycles. The predicted octanol–water partition coefficient (Wildman–Crippen LogP) is 6.52. The number of carbonyl (C=O) groups is 2. The Labute approximate surface area is 269 Å². The number of anilines is 1. The fraction of sp³-hybridized carbons (Fsp3) is 0.697. The number of aromatic nitrogens is 2. The number of nitrogens with one attached hydrogen (secondary N) is 1. The van der Waals surface area contributed by atoms with E-state index >= 15 is 4.39 Å². The second kappa shape index (κ2) is 14.5. The van der Waals surface area contributed by atoms with E-state index in [4.69, 9.17) is 14.0 Å². The molecule has 1 N–H and O–H groups in total. The zero-order valence-corrected chi connectivity index (χ0v) is 27.9. The standard InChI is InChI=1S/C33H48F3N5O5/c1-20(2)28-38-30(46-39-28)40-14-10-23(11-15-40)21(3)12-17-44-24-8-9-25(26(34)18-24)22(4)27(37-31(43)45-32(5,6)7)29(42)41-16-13-33(35,36)19-41/h8-9,18,20-23,27H,10-17,19H2,1-7H3,(H,37,43)/t21?,22-,27-/m0/s1. The minimum Gasteiger partial charge on any atom is -0.493 e. The van der Waals surface area contributed by atoms with Crippen LogP contribution < -0.4 is 15.0 Å². The number of piperidine rings is 1. The number of amides is 2. The van der Waals surface area contributed by atoms with E-state index < -0.39 is 54.3 Å². The highest BCUT2D eigenvalue weighted by Gasteiger charge is 2.44. The average molecular weight is 652 g/mol. The van der Waals surface area contributed by atoms with Crippen LogP contribution in [-0.2, 0) is 9.53 Å². The van der Waals surface area contributed by atoms with Gasteiger partial charge in [0.05, 0.1) is 13.2 Å². The summed E-state index contributed by atoms with van der Waals surface area (Å²) in [5.74, 6) is -3.06. The maximum Gasteiger partial charge on any atom is 0.408 e. The number of halogens is 3. The molecule has 0 saturated carbocycles. The lowest BCUT2D eigenvalue weighted by molar-refractivity contribution is -0.134. The molecule has 10 nitrogen and oxygen atoms in total. The lowest BCUT2D eigenvalue weighted by Gasteiger charge is -2.33. The molecule has 46 heavy (non-hydrogen) atoms. The third-order valence-electron chi connectivity index (χ3n) is 8.79. The van der Waals surface area contributed by atoms with Crippen LogP contribution in [0.5, 0.6) is 5.75 Å². The number of likely N-dealkylation sites (tertiary alicyclic amines) is 1. The first kappa shape index (κ1) is 35.3. The molecule has 2 saturated heterocycles. The number of rotatable bonds is 11. The summed E-state index contributed by atoms with van der Waals surface area (Å²) in [4.78, 5) is 33.6. The van der Waals surface area contributed by atoms with Crippen molar-refractivity contribution in [2.75, 3.05) is 37.7 Å². The molecule has 2 amide bonds. The van der Waals surface area contributed by atoms with Gasteiger partial charge in [0.15, 0.2) is 5.82 Å². The zero-order valence-electron chi connectivity index (χ0n) is 27.9. The van der Waals surface area contributed by atoms with E-state index in [-0.39, 0.29) is 18.0 Å². The highest BCUT2D eigenvalue weighted by Crippen LogP contribution is 2.32. The fourth-order valence-electron chi connectivity index (χ4n) is 5.95. The van der Waals surface area contributed by atoms with Crippen LogP contribution in [-0.4, -0.2) is 77.4 Å². The summed E-state index contributed by atoms with van der Waals surface area (Å²) in [6.45, 7) is 14.0. The maximum atomic E-state index is 15.4. The van der Waals surface area contributed by atoms with Gasteiger partial charge < -0.3 is 29.1 Å². The van der Waals surface area contributed by atoms with Crippen LogP contribution in [0.15, 0.2) is 22.7 Å². The minimum absolute atomic E-state index is 0.148. The van der Waals surface area contributed by atoms with Gasteiger partial charge in [0.2, 0.25) is 5.91 Å². The SMILES string of the molecule is CC(C)c1noc(N2CCC(C(C)CCOc3ccc([C@H](C)[C@H](NC(=O)OC(C)(C)C)C(=O)N4CCC(F)(F)C4)c(F)c3)CC2)n1. The van der Waals surface area contributed by atoms with E-state index in [2.05, 4.69) is 27.3 Å². The van der Waals surface area contributed by atoms with Crippen LogP contribution in [0.4, 0.5) is 24.0 Å². The highest BCUT2D eigenvalue weighted by molar-refractivity contribution is 5.87. The van der Waals surface area contributed by atoms with Crippen LogP contribution in [0.2, 0.25) is 0 Å². The van der Waals surface area contributed by atoms with E-state index in [1.165, 1.54) is 12.1 Å². The van der Waals surface area contributed by atoms with Crippen LogP contribution >= 0.6 is 0 Å². The van der Waals surface area contributed by atoms with Gasteiger partial charge in [-0.1, -0.05) is 38.9 Å². The van der Waals surface area contributed by atoms with Crippen LogP contribution in [0.25, 0.3) is 0 Å². The lowest BCUT2D eigenvalue weighted by atomic mass is 9.84. The van der Waals surface area contributed by atoms with Gasteiger partial charge in [-0.15, -0.1) is 0 Å². The van der Waals surface area contributed by atoms with Crippen molar-refractivity contribution in [1.29, 1.82) is 0 Å². The van der Waals surface area contributed by atoms with Gasteiger partial charge in [-0.2, -0.15) is 4.98 Å². The molecule has 0 radical (unpaired) electrons. The average Bonchev–Trinajstić information content (AvgIpc) is 3.61. The molecule has 1 unspecified atom stereocenters. The first-order valence-corrected chi connectivity index (χ1v) is 16.2. The lowest BCUT2D eigenvalue weighted by Crippen LogP contribution is -2.52. The smallest absolute Gasteiger partial charge is 0.408 e. The second-order valence-electron chi connectivity index (χ2n) is 14.0. The summed E-state index contributed by atoms with van der Waals surface area (Å²) in [6.07, 6.45) is 1.42. The Kier molecular flexibility index (Phi) is 11.1. The van der Waals surface area contributed by atoms with Crippen LogP contribution in [0.1, 0.15) is 97.4 Å². The molecule has 1 aromatic heterocycles. The normalized spacial score (nSPS) is 19.2. The quantitative estimate of drug-likeness (QED) is 0.293. The van der Waals surface area contributed by atoms with Gasteiger partial charge in [0, 0.05) is 44.0 Å². The molecule has 0 bridgehead atoms. The largest absolute Gasteiger partial charge is 0.493 e. The summed E-state index contributed by atoms with van der Waals surface area (Å²) in [5, 5.41) is 6.56. The summed E-state index contributed by atoms with van der Waals surface area (Å²) >= 11 is 0. The van der Waals surface area contributed by atoms with E-state index in [0.29, 0.717) is 36.0 Å². The molecule has 3 atom stereocenters. The Morgan fingerprint density at radius 1 is 1.13 bits per heavy atom. The van der Waals surface area contributed by atoms with Crippen molar-refractivity contribution in [3.63, 3.8) is 0 Å². The second-order valence-corrected chi connectivity index (χ2v) is 14.0. The van der Waals surface area contributed by atoms with Crippen LogP contribution in [0, 0.1) is 17.7 Å². The minimum atomic E-state index is -3.01. The number of ether oxygens (including phenoxy) is 2. The van der Waals surface area contributed by atoms with Gasteiger partial charge in [-0.05, 0) is 63.5 Å². The zero-order chi connectivity index (χ0) is 33.8. The molecular weight excluding hydrogens is 603 g/mol. The predicted molar refractivity (Wildman–Crippen MR) is 167 cm³/mol. The Balaban J connectivity index is 1.32. The van der Waals surface area contributed by atoms with Crippen molar-refractivity contribution in [2.45, 2.75) is 104 Å². The maximum absolute atomic E-state index is 15.4. The first-order valence-electron chi connectivity index (χ1n) is 16.2.